The summed E-state index contributed by atoms with van der Waals surface area (Å²) in [5.74, 6) is 0. The number of hydrogen-bond acceptors (Lipinski definition) is 0. The van der Waals surface area contributed by atoms with Gasteiger partial charge < -0.3 is 6.55 Å². The number of rotatable bonds is 0. The molecule has 0 N–H and O–H groups in total. The average molecular weight is 238 g/mol. The topological polar surface area (TPSA) is 0 Å². The van der Waals surface area contributed by atoms with Gasteiger partial charge >= 0.3 is 0 Å². The van der Waals surface area contributed by atoms with Crippen molar-refractivity contribution in [3.05, 3.63) is 6.55 Å². The zero-order chi connectivity index (χ0) is 4.50. The van der Waals surface area contributed by atoms with E-state index in [1.165, 1.54) is 0 Å². The molecule has 0 heterocycles. The summed E-state index contributed by atoms with van der Waals surface area (Å²) in [6, 6.07) is 0. The van der Waals surface area contributed by atoms with Gasteiger partial charge in [-0.05, 0) is 0 Å². The van der Waals surface area contributed by atoms with E-state index in [-0.39, 0.29) is 40.4 Å². The van der Waals surface area contributed by atoms with Gasteiger partial charge in [-0.25, -0.2) is 0 Å². The molecule has 0 radical (unpaired) electrons. The summed E-state index contributed by atoms with van der Waals surface area (Å²) in [6.07, 6.45) is 0. The van der Waals surface area contributed by atoms with Crippen LogP contribution in [0.25, 0.3) is 0 Å². The van der Waals surface area contributed by atoms with Crippen molar-refractivity contribution in [3.63, 3.8) is 0 Å². The molecule has 0 spiro atoms. The fourth-order valence-corrected chi connectivity index (χ4v) is 0. The summed E-state index contributed by atoms with van der Waals surface area (Å²) >= 11 is 0. The first-order valence-electron chi connectivity index (χ1n) is 1.85. The molecule has 0 atom stereocenters. The van der Waals surface area contributed by atoms with Gasteiger partial charge in [-0.15, -0.1) is 8.07 Å². The molecule has 0 fully saturated rings. The van der Waals surface area contributed by atoms with Gasteiger partial charge in [-0.1, -0.05) is 19.6 Å². The molecule has 0 saturated heterocycles. The van der Waals surface area contributed by atoms with Crippen molar-refractivity contribution in [3.8, 4) is 0 Å². The van der Waals surface area contributed by atoms with Crippen LogP contribution in [0.4, 0.5) is 0 Å². The largest absolute Gasteiger partial charge is 0.342 e. The van der Waals surface area contributed by atoms with E-state index >= 15 is 0 Å². The fraction of sp³-hybridized carbons (Fsp3) is 0.750. The predicted octanol–water partition coefficient (Wildman–Crippen LogP) is 1.70. The molecule has 0 bridgehead atoms. The fourth-order valence-electron chi connectivity index (χ4n) is 0. The van der Waals surface area contributed by atoms with Crippen LogP contribution < -0.4 is 0 Å². The molecule has 0 aromatic heterocycles. The Labute approximate surface area is 73.8 Å². The van der Waals surface area contributed by atoms with Gasteiger partial charge in [0.05, 0.1) is 0 Å². The molecular formula is C4H11SiSm-. The second kappa shape index (κ2) is 3.54. The normalized spacial score (nSPS) is 10.0. The minimum atomic E-state index is -0.861. The molecule has 0 aromatic rings. The first-order valence-corrected chi connectivity index (χ1v) is 5.56. The zero-order valence-corrected chi connectivity index (χ0v) is 8.23. The van der Waals surface area contributed by atoms with E-state index in [1.807, 2.05) is 0 Å². The van der Waals surface area contributed by atoms with E-state index in [4.69, 9.17) is 0 Å². The van der Waals surface area contributed by atoms with Crippen molar-refractivity contribution < 1.29 is 40.4 Å². The van der Waals surface area contributed by atoms with Crippen LogP contribution in [-0.2, 0) is 0 Å². The second-order valence-corrected chi connectivity index (χ2v) is 7.68. The van der Waals surface area contributed by atoms with E-state index in [2.05, 4.69) is 26.2 Å². The Hall–Kier alpha value is 1.55. The quantitative estimate of drug-likeness (QED) is 0.444. The zero-order valence-electron chi connectivity index (χ0n) is 4.62. The average Bonchev–Trinajstić information content (AvgIpc) is 0.722. The Kier molecular flexibility index (Phi) is 6.21. The van der Waals surface area contributed by atoms with E-state index in [0.717, 1.165) is 0 Å². The molecular weight excluding hydrogens is 226 g/mol. The molecule has 0 amide bonds. The molecule has 0 rings (SSSR count). The van der Waals surface area contributed by atoms with Crippen molar-refractivity contribution >= 4 is 8.07 Å². The van der Waals surface area contributed by atoms with Crippen molar-refractivity contribution in [1.29, 1.82) is 0 Å². The first kappa shape index (κ1) is 10.5. The summed E-state index contributed by atoms with van der Waals surface area (Å²) in [7, 11) is -0.861. The Morgan fingerprint density at radius 3 is 1.17 bits per heavy atom. The van der Waals surface area contributed by atoms with E-state index < -0.39 is 8.07 Å². The maximum Gasteiger partial charge on any atom is 0 e. The molecule has 0 aliphatic carbocycles. The minimum Gasteiger partial charge on any atom is -0.342 e. The molecule has 2 heteroatoms. The summed E-state index contributed by atoms with van der Waals surface area (Å²) < 4.78 is 0. The Morgan fingerprint density at radius 1 is 1.17 bits per heavy atom. The number of hydrogen-bond donors (Lipinski definition) is 0. The maximum absolute atomic E-state index is 3.91. The molecule has 0 aliphatic heterocycles. The minimum absolute atomic E-state index is 0. The van der Waals surface area contributed by atoms with Crippen LogP contribution in [0, 0.1) is 46.9 Å². The van der Waals surface area contributed by atoms with Crippen LogP contribution in [0.3, 0.4) is 0 Å². The Balaban J connectivity index is 0. The van der Waals surface area contributed by atoms with Gasteiger partial charge in [0.25, 0.3) is 0 Å². The van der Waals surface area contributed by atoms with Gasteiger partial charge in [0, 0.05) is 40.4 Å². The summed E-state index contributed by atoms with van der Waals surface area (Å²) in [5.41, 5.74) is 0. The van der Waals surface area contributed by atoms with Gasteiger partial charge in [-0.2, -0.15) is 0 Å². The second-order valence-electron chi connectivity index (χ2n) is 2.56. The Morgan fingerprint density at radius 2 is 1.17 bits per heavy atom. The molecule has 0 aromatic carbocycles. The third-order valence-electron chi connectivity index (χ3n) is 0. The van der Waals surface area contributed by atoms with E-state index in [9.17, 15) is 0 Å². The molecule has 0 nitrogen and oxygen atoms in total. The van der Waals surface area contributed by atoms with Crippen LogP contribution >= 0.6 is 0 Å². The monoisotopic (exact) mass is 239 g/mol. The SMILES string of the molecule is [CH2-][Si](C)(C)C.[Sm]. The van der Waals surface area contributed by atoms with Gasteiger partial charge in [-0.3, -0.25) is 0 Å². The summed E-state index contributed by atoms with van der Waals surface area (Å²) in [5, 5.41) is 0. The predicted molar refractivity (Wildman–Crippen MR) is 28.7 cm³/mol. The van der Waals surface area contributed by atoms with Crippen molar-refractivity contribution in [2.24, 2.45) is 0 Å². The van der Waals surface area contributed by atoms with Crippen LogP contribution in [0.2, 0.25) is 19.6 Å². The van der Waals surface area contributed by atoms with Crippen LogP contribution in [0.1, 0.15) is 0 Å². The van der Waals surface area contributed by atoms with Crippen LogP contribution in [0.15, 0.2) is 0 Å². The smallest absolute Gasteiger partial charge is 0 e. The standard InChI is InChI=1S/C4H11Si.Sm/c1-5(2,3)4;/h1H2,2-4H3;/q-1;. The van der Waals surface area contributed by atoms with Gasteiger partial charge in [0.15, 0.2) is 0 Å². The van der Waals surface area contributed by atoms with Crippen LogP contribution in [0.5, 0.6) is 0 Å². The first-order chi connectivity index (χ1) is 2.00. The van der Waals surface area contributed by atoms with Gasteiger partial charge in [0.2, 0.25) is 0 Å². The van der Waals surface area contributed by atoms with Crippen molar-refractivity contribution in [2.45, 2.75) is 19.6 Å². The van der Waals surface area contributed by atoms with Crippen molar-refractivity contribution in [1.82, 2.24) is 0 Å². The third-order valence-corrected chi connectivity index (χ3v) is 0. The van der Waals surface area contributed by atoms with Gasteiger partial charge in [0.1, 0.15) is 0 Å². The summed E-state index contributed by atoms with van der Waals surface area (Å²) in [4.78, 5) is 0. The third kappa shape index (κ3) is 47.7. The molecule has 0 saturated carbocycles. The molecule has 0 unspecified atom stereocenters. The maximum atomic E-state index is 3.91. The molecule has 38 valence electrons. The van der Waals surface area contributed by atoms with Crippen molar-refractivity contribution in [2.75, 3.05) is 0 Å². The van der Waals surface area contributed by atoms with E-state index in [1.54, 1.807) is 0 Å². The Bertz CT molecular complexity index is 23.0. The summed E-state index contributed by atoms with van der Waals surface area (Å²) in [6.45, 7) is 10.6. The van der Waals surface area contributed by atoms with E-state index in [0.29, 0.717) is 0 Å². The molecule has 0 aliphatic rings. The van der Waals surface area contributed by atoms with Crippen LogP contribution in [-0.4, -0.2) is 8.07 Å². The molecule has 6 heavy (non-hydrogen) atoms.